The fourth-order valence-corrected chi connectivity index (χ4v) is 2.04. The summed E-state index contributed by atoms with van der Waals surface area (Å²) in [5, 5.41) is 12.9. The molecule has 1 aromatic carbocycles. The van der Waals surface area contributed by atoms with Gasteiger partial charge in [0.05, 0.1) is 11.7 Å². The predicted octanol–water partition coefficient (Wildman–Crippen LogP) is 2.04. The van der Waals surface area contributed by atoms with Crippen molar-refractivity contribution in [2.75, 3.05) is 0 Å². The Morgan fingerprint density at radius 2 is 1.90 bits per heavy atom. The van der Waals surface area contributed by atoms with Gasteiger partial charge in [-0.25, -0.2) is 4.98 Å². The van der Waals surface area contributed by atoms with Gasteiger partial charge >= 0.3 is 0 Å². The molecule has 1 aromatic heterocycles. The van der Waals surface area contributed by atoms with Crippen molar-refractivity contribution in [1.29, 1.82) is 0 Å². The minimum Gasteiger partial charge on any atom is -0.378 e. The lowest BCUT2D eigenvalue weighted by atomic mass is 10.1. The SMILES string of the molecule is C[C@H](NC(=O)C(O)c1ccccc1)c1nccnc1Cl. The number of amides is 1. The fraction of sp³-hybridized carbons (Fsp3) is 0.214. The third-order valence-corrected chi connectivity index (χ3v) is 3.10. The number of hydrogen-bond acceptors (Lipinski definition) is 4. The smallest absolute Gasteiger partial charge is 0.254 e. The van der Waals surface area contributed by atoms with Crippen LogP contribution in [0.1, 0.15) is 30.3 Å². The number of halogens is 1. The maximum absolute atomic E-state index is 12.0. The molecule has 104 valence electrons. The first-order valence-corrected chi connectivity index (χ1v) is 6.47. The van der Waals surface area contributed by atoms with E-state index in [1.807, 2.05) is 6.07 Å². The average molecular weight is 292 g/mol. The number of aliphatic hydroxyl groups excluding tert-OH is 1. The Kier molecular flexibility index (Phi) is 4.65. The first-order chi connectivity index (χ1) is 9.59. The molecule has 2 rings (SSSR count). The summed E-state index contributed by atoms with van der Waals surface area (Å²) < 4.78 is 0. The largest absolute Gasteiger partial charge is 0.378 e. The zero-order valence-electron chi connectivity index (χ0n) is 10.8. The second kappa shape index (κ2) is 6.45. The van der Waals surface area contributed by atoms with Crippen molar-refractivity contribution < 1.29 is 9.90 Å². The van der Waals surface area contributed by atoms with Crippen LogP contribution in [0.3, 0.4) is 0 Å². The van der Waals surface area contributed by atoms with Gasteiger partial charge in [-0.1, -0.05) is 41.9 Å². The van der Waals surface area contributed by atoms with Gasteiger partial charge in [0.1, 0.15) is 0 Å². The first kappa shape index (κ1) is 14.4. The third kappa shape index (κ3) is 3.31. The molecular weight excluding hydrogens is 278 g/mol. The van der Waals surface area contributed by atoms with Gasteiger partial charge in [-0.05, 0) is 12.5 Å². The summed E-state index contributed by atoms with van der Waals surface area (Å²) in [6.07, 6.45) is 1.74. The molecule has 2 atom stereocenters. The normalized spacial score (nSPS) is 13.6. The van der Waals surface area contributed by atoms with E-state index in [-0.39, 0.29) is 5.15 Å². The molecule has 6 heteroatoms. The summed E-state index contributed by atoms with van der Waals surface area (Å²) in [7, 11) is 0. The standard InChI is InChI=1S/C14H14ClN3O2/c1-9(11-13(15)17-8-7-16-11)18-14(20)12(19)10-5-3-2-4-6-10/h2-9,12,19H,1H3,(H,18,20)/t9-,12?/m0/s1. The van der Waals surface area contributed by atoms with Gasteiger partial charge in [0.2, 0.25) is 0 Å². The molecule has 1 amide bonds. The highest BCUT2D eigenvalue weighted by atomic mass is 35.5. The van der Waals surface area contributed by atoms with Gasteiger partial charge in [0.25, 0.3) is 5.91 Å². The van der Waals surface area contributed by atoms with E-state index in [1.165, 1.54) is 12.4 Å². The second-order valence-corrected chi connectivity index (χ2v) is 4.63. The molecule has 0 aliphatic carbocycles. The van der Waals surface area contributed by atoms with Crippen LogP contribution in [0.5, 0.6) is 0 Å². The van der Waals surface area contributed by atoms with E-state index in [9.17, 15) is 9.90 Å². The van der Waals surface area contributed by atoms with Crippen LogP contribution in [0.15, 0.2) is 42.7 Å². The van der Waals surface area contributed by atoms with Crippen LogP contribution in [0, 0.1) is 0 Å². The quantitative estimate of drug-likeness (QED) is 0.904. The number of rotatable bonds is 4. The molecule has 2 aromatic rings. The number of carbonyl (C=O) groups is 1. The van der Waals surface area contributed by atoms with Crippen LogP contribution >= 0.6 is 11.6 Å². The Balaban J connectivity index is 2.07. The molecule has 0 aliphatic heterocycles. The first-order valence-electron chi connectivity index (χ1n) is 6.09. The van der Waals surface area contributed by atoms with Crippen LogP contribution < -0.4 is 5.32 Å². The zero-order chi connectivity index (χ0) is 14.5. The Labute approximate surface area is 121 Å². The van der Waals surface area contributed by atoms with E-state index in [2.05, 4.69) is 15.3 Å². The van der Waals surface area contributed by atoms with E-state index in [0.29, 0.717) is 11.3 Å². The number of aliphatic hydroxyl groups is 1. The summed E-state index contributed by atoms with van der Waals surface area (Å²) >= 11 is 5.91. The monoisotopic (exact) mass is 291 g/mol. The lowest BCUT2D eigenvalue weighted by Crippen LogP contribution is -2.32. The molecule has 2 N–H and O–H groups in total. The molecule has 0 bridgehead atoms. The summed E-state index contributed by atoms with van der Waals surface area (Å²) in [5.74, 6) is -0.509. The maximum Gasteiger partial charge on any atom is 0.254 e. The van der Waals surface area contributed by atoms with Crippen LogP contribution in [-0.2, 0) is 4.79 Å². The van der Waals surface area contributed by atoms with Crippen molar-refractivity contribution in [1.82, 2.24) is 15.3 Å². The number of nitrogens with one attached hydrogen (secondary N) is 1. The topological polar surface area (TPSA) is 75.1 Å². The average Bonchev–Trinajstić information content (AvgIpc) is 2.47. The van der Waals surface area contributed by atoms with Crippen LogP contribution in [0.25, 0.3) is 0 Å². The van der Waals surface area contributed by atoms with Crippen molar-refractivity contribution in [3.63, 3.8) is 0 Å². The number of nitrogens with zero attached hydrogens (tertiary/aromatic N) is 2. The van der Waals surface area contributed by atoms with Gasteiger partial charge in [-0.2, -0.15) is 0 Å². The molecule has 1 heterocycles. The van der Waals surface area contributed by atoms with Crippen molar-refractivity contribution in [3.8, 4) is 0 Å². The van der Waals surface area contributed by atoms with Gasteiger partial charge in [-0.3, -0.25) is 9.78 Å². The molecular formula is C14H14ClN3O2. The number of carbonyl (C=O) groups excluding carboxylic acids is 1. The zero-order valence-corrected chi connectivity index (χ0v) is 11.6. The fourth-order valence-electron chi connectivity index (χ4n) is 1.77. The summed E-state index contributed by atoms with van der Waals surface area (Å²) in [4.78, 5) is 20.0. The van der Waals surface area contributed by atoms with Crippen molar-refractivity contribution >= 4 is 17.5 Å². The number of benzene rings is 1. The summed E-state index contributed by atoms with van der Waals surface area (Å²) in [6.45, 7) is 1.73. The van der Waals surface area contributed by atoms with E-state index in [4.69, 9.17) is 11.6 Å². The molecule has 0 fully saturated rings. The molecule has 5 nitrogen and oxygen atoms in total. The highest BCUT2D eigenvalue weighted by Crippen LogP contribution is 2.19. The van der Waals surface area contributed by atoms with Crippen molar-refractivity contribution in [3.05, 3.63) is 59.1 Å². The minimum absolute atomic E-state index is 0.231. The van der Waals surface area contributed by atoms with Gasteiger partial charge in [0.15, 0.2) is 11.3 Å². The van der Waals surface area contributed by atoms with Gasteiger partial charge < -0.3 is 10.4 Å². The van der Waals surface area contributed by atoms with Crippen LogP contribution in [0.2, 0.25) is 5.15 Å². The Morgan fingerprint density at radius 1 is 1.25 bits per heavy atom. The van der Waals surface area contributed by atoms with Crippen LogP contribution in [0.4, 0.5) is 0 Å². The molecule has 20 heavy (non-hydrogen) atoms. The predicted molar refractivity (Wildman–Crippen MR) is 75.0 cm³/mol. The Morgan fingerprint density at radius 3 is 2.55 bits per heavy atom. The molecule has 0 saturated heterocycles. The molecule has 0 spiro atoms. The highest BCUT2D eigenvalue weighted by Gasteiger charge is 2.21. The van der Waals surface area contributed by atoms with Crippen molar-refractivity contribution in [2.45, 2.75) is 19.1 Å². The van der Waals surface area contributed by atoms with E-state index in [0.717, 1.165) is 0 Å². The van der Waals surface area contributed by atoms with Crippen molar-refractivity contribution in [2.24, 2.45) is 0 Å². The second-order valence-electron chi connectivity index (χ2n) is 4.28. The maximum atomic E-state index is 12.0. The van der Waals surface area contributed by atoms with Crippen LogP contribution in [-0.4, -0.2) is 21.0 Å². The lowest BCUT2D eigenvalue weighted by Gasteiger charge is -2.17. The summed E-state index contributed by atoms with van der Waals surface area (Å²) in [5.41, 5.74) is 0.991. The van der Waals surface area contributed by atoms with E-state index >= 15 is 0 Å². The summed E-state index contributed by atoms with van der Waals surface area (Å²) in [6, 6.07) is 8.26. The Hall–Kier alpha value is -1.98. The van der Waals surface area contributed by atoms with E-state index in [1.54, 1.807) is 31.2 Å². The molecule has 0 saturated carbocycles. The van der Waals surface area contributed by atoms with Gasteiger partial charge in [0, 0.05) is 12.4 Å². The molecule has 1 unspecified atom stereocenters. The number of aromatic nitrogens is 2. The Bertz CT molecular complexity index is 592. The number of hydrogen-bond donors (Lipinski definition) is 2. The molecule has 0 radical (unpaired) electrons. The lowest BCUT2D eigenvalue weighted by molar-refractivity contribution is -0.130. The highest BCUT2D eigenvalue weighted by molar-refractivity contribution is 6.30. The third-order valence-electron chi connectivity index (χ3n) is 2.81. The molecule has 0 aliphatic rings. The minimum atomic E-state index is -1.23. The van der Waals surface area contributed by atoms with Gasteiger partial charge in [-0.15, -0.1) is 0 Å². The van der Waals surface area contributed by atoms with E-state index < -0.39 is 18.1 Å².